The molecule has 2 heterocycles. The first kappa shape index (κ1) is 25.9. The maximum absolute atomic E-state index is 13.6. The Labute approximate surface area is 214 Å². The molecule has 9 nitrogen and oxygen atoms in total. The molecule has 36 heavy (non-hydrogen) atoms. The molecule has 3 aromatic rings. The summed E-state index contributed by atoms with van der Waals surface area (Å²) < 4.78 is 33.5. The number of aromatic nitrogens is 1. The van der Waals surface area contributed by atoms with Crippen LogP contribution >= 0.6 is 11.6 Å². The quantitative estimate of drug-likeness (QED) is 0.460. The van der Waals surface area contributed by atoms with Crippen molar-refractivity contribution in [1.82, 2.24) is 20.1 Å². The number of rotatable bonds is 8. The number of sulfonamides is 1. The predicted molar refractivity (Wildman–Crippen MR) is 134 cm³/mol. The van der Waals surface area contributed by atoms with Gasteiger partial charge in [0.2, 0.25) is 15.9 Å². The van der Waals surface area contributed by atoms with Crippen molar-refractivity contribution in [2.45, 2.75) is 50.2 Å². The summed E-state index contributed by atoms with van der Waals surface area (Å²) in [5, 5.41) is 9.85. The van der Waals surface area contributed by atoms with Crippen LogP contribution in [-0.2, 0) is 27.9 Å². The number of aryl methyl sites for hydroxylation is 1. The van der Waals surface area contributed by atoms with Crippen molar-refractivity contribution in [2.24, 2.45) is 0 Å². The summed E-state index contributed by atoms with van der Waals surface area (Å²) in [5.41, 5.74) is 1.67. The Balaban J connectivity index is 1.54. The summed E-state index contributed by atoms with van der Waals surface area (Å²) >= 11 is 5.95. The number of nitrogens with zero attached hydrogens (tertiary/aromatic N) is 2. The van der Waals surface area contributed by atoms with Crippen LogP contribution in [0.5, 0.6) is 0 Å². The van der Waals surface area contributed by atoms with Crippen LogP contribution in [-0.4, -0.2) is 42.3 Å². The Kier molecular flexibility index (Phi) is 8.07. The first-order chi connectivity index (χ1) is 17.2. The lowest BCUT2D eigenvalue weighted by Gasteiger charge is -2.29. The molecule has 190 valence electrons. The van der Waals surface area contributed by atoms with Crippen LogP contribution in [0.4, 0.5) is 0 Å². The molecular formula is C25H27ClN4O5S. The number of hydrogen-bond acceptors (Lipinski definition) is 6. The zero-order valence-corrected chi connectivity index (χ0v) is 21.3. The average molecular weight is 531 g/mol. The van der Waals surface area contributed by atoms with Gasteiger partial charge in [-0.3, -0.25) is 9.59 Å². The summed E-state index contributed by atoms with van der Waals surface area (Å²) in [7, 11) is -4.01. The third-order valence-electron chi connectivity index (χ3n) is 5.94. The highest BCUT2D eigenvalue weighted by Gasteiger charge is 2.36. The van der Waals surface area contributed by atoms with E-state index >= 15 is 0 Å². The fraction of sp³-hybridized carbons (Fsp3) is 0.320. The Morgan fingerprint density at radius 1 is 1.17 bits per heavy atom. The monoisotopic (exact) mass is 530 g/mol. The van der Waals surface area contributed by atoms with Crippen LogP contribution in [0.25, 0.3) is 0 Å². The first-order valence-corrected chi connectivity index (χ1v) is 13.4. The molecule has 1 atom stereocenters. The molecule has 1 fully saturated rings. The van der Waals surface area contributed by atoms with Crippen LogP contribution < -0.4 is 10.6 Å². The molecular weight excluding hydrogens is 504 g/mol. The number of halogens is 1. The first-order valence-electron chi connectivity index (χ1n) is 11.6. The Bertz CT molecular complexity index is 1320. The molecule has 0 unspecified atom stereocenters. The second-order valence-corrected chi connectivity index (χ2v) is 10.9. The molecule has 4 rings (SSSR count). The van der Waals surface area contributed by atoms with E-state index in [0.29, 0.717) is 40.6 Å². The van der Waals surface area contributed by atoms with Crippen molar-refractivity contribution in [2.75, 3.05) is 6.54 Å². The van der Waals surface area contributed by atoms with E-state index in [0.717, 1.165) is 12.8 Å². The van der Waals surface area contributed by atoms with E-state index in [-0.39, 0.29) is 29.8 Å². The van der Waals surface area contributed by atoms with Crippen molar-refractivity contribution in [1.29, 1.82) is 0 Å². The normalized spacial score (nSPS) is 16.4. The van der Waals surface area contributed by atoms with Gasteiger partial charge in [-0.15, -0.1) is 0 Å². The van der Waals surface area contributed by atoms with Crippen LogP contribution in [0.3, 0.4) is 0 Å². The lowest BCUT2D eigenvalue weighted by Crippen LogP contribution is -2.48. The molecule has 1 aliphatic rings. The summed E-state index contributed by atoms with van der Waals surface area (Å²) in [6.07, 6.45) is 1.93. The Morgan fingerprint density at radius 2 is 1.89 bits per heavy atom. The summed E-state index contributed by atoms with van der Waals surface area (Å²) in [4.78, 5) is 25.4. The van der Waals surface area contributed by atoms with E-state index in [1.807, 2.05) is 0 Å². The van der Waals surface area contributed by atoms with Crippen molar-refractivity contribution < 1.29 is 22.5 Å². The molecule has 0 spiro atoms. The molecule has 0 saturated carbocycles. The van der Waals surface area contributed by atoms with Gasteiger partial charge in [-0.25, -0.2) is 8.42 Å². The summed E-state index contributed by atoms with van der Waals surface area (Å²) in [6.45, 7) is 2.49. The van der Waals surface area contributed by atoms with Gasteiger partial charge in [0.15, 0.2) is 0 Å². The minimum Gasteiger partial charge on any atom is -0.361 e. The van der Waals surface area contributed by atoms with Gasteiger partial charge in [0.05, 0.1) is 11.4 Å². The highest BCUT2D eigenvalue weighted by atomic mass is 35.5. The van der Waals surface area contributed by atoms with Gasteiger partial charge in [-0.05, 0) is 68.1 Å². The van der Waals surface area contributed by atoms with Crippen LogP contribution in [0.2, 0.25) is 5.02 Å². The highest BCUT2D eigenvalue weighted by molar-refractivity contribution is 7.89. The van der Waals surface area contributed by atoms with Gasteiger partial charge in [-0.2, -0.15) is 4.31 Å². The van der Waals surface area contributed by atoms with Crippen molar-refractivity contribution in [3.63, 3.8) is 0 Å². The molecule has 2 amide bonds. The van der Waals surface area contributed by atoms with Gasteiger partial charge >= 0.3 is 0 Å². The van der Waals surface area contributed by atoms with E-state index < -0.39 is 16.1 Å². The third-order valence-corrected chi connectivity index (χ3v) is 8.06. The van der Waals surface area contributed by atoms with E-state index in [1.165, 1.54) is 28.6 Å². The number of carbonyl (C=O) groups excluding carboxylic acids is 2. The van der Waals surface area contributed by atoms with Crippen LogP contribution in [0.1, 0.15) is 46.6 Å². The fourth-order valence-electron chi connectivity index (χ4n) is 4.02. The van der Waals surface area contributed by atoms with Gasteiger partial charge in [0, 0.05) is 29.7 Å². The largest absolute Gasteiger partial charge is 0.361 e. The van der Waals surface area contributed by atoms with Crippen molar-refractivity contribution in [3.05, 3.63) is 82.2 Å². The van der Waals surface area contributed by atoms with Crippen LogP contribution in [0.15, 0.2) is 64.0 Å². The number of hydrogen-bond donors (Lipinski definition) is 2. The van der Waals surface area contributed by atoms with E-state index in [1.54, 1.807) is 37.3 Å². The number of benzene rings is 2. The van der Waals surface area contributed by atoms with Crippen molar-refractivity contribution >= 4 is 33.4 Å². The molecule has 1 aromatic heterocycles. The molecule has 2 aromatic carbocycles. The third kappa shape index (κ3) is 6.13. The number of amides is 2. The van der Waals surface area contributed by atoms with Gasteiger partial charge in [0.1, 0.15) is 17.5 Å². The lowest BCUT2D eigenvalue weighted by atomic mass is 10.1. The minimum absolute atomic E-state index is 0.0246. The van der Waals surface area contributed by atoms with Crippen molar-refractivity contribution in [3.8, 4) is 0 Å². The molecule has 1 aliphatic heterocycles. The standard InChI is InChI=1S/C25H27ClN4O5S/c1-17-14-21(29-35-17)15-28-24(31)19-7-5-18(6-8-19)16-30(23-4-2-3-13-27-25(23)32)36(33,34)22-11-9-20(26)10-12-22/h5-12,14,23H,2-4,13,15-16H2,1H3,(H,27,32)(H,28,31)/t23-/m1/s1. The maximum Gasteiger partial charge on any atom is 0.251 e. The zero-order chi connectivity index (χ0) is 25.7. The molecule has 0 radical (unpaired) electrons. The smallest absolute Gasteiger partial charge is 0.251 e. The zero-order valence-electron chi connectivity index (χ0n) is 19.7. The molecule has 0 bridgehead atoms. The summed E-state index contributed by atoms with van der Waals surface area (Å²) in [5.74, 6) is 0.0455. The topological polar surface area (TPSA) is 122 Å². The number of carbonyl (C=O) groups is 2. The summed E-state index contributed by atoms with van der Waals surface area (Å²) in [6, 6.07) is 13.4. The SMILES string of the molecule is Cc1cc(CNC(=O)c2ccc(CN([C@@H]3CCCCNC3=O)S(=O)(=O)c3ccc(Cl)cc3)cc2)no1. The number of nitrogens with one attached hydrogen (secondary N) is 2. The molecule has 11 heteroatoms. The van der Waals surface area contributed by atoms with Gasteiger partial charge < -0.3 is 15.2 Å². The van der Waals surface area contributed by atoms with Crippen LogP contribution in [0, 0.1) is 6.92 Å². The minimum atomic E-state index is -4.01. The fourth-order valence-corrected chi connectivity index (χ4v) is 5.75. The average Bonchev–Trinajstić information content (AvgIpc) is 3.17. The second-order valence-electron chi connectivity index (χ2n) is 8.62. The van der Waals surface area contributed by atoms with E-state index in [2.05, 4.69) is 15.8 Å². The Morgan fingerprint density at radius 3 is 2.56 bits per heavy atom. The highest BCUT2D eigenvalue weighted by Crippen LogP contribution is 2.26. The molecule has 0 aliphatic carbocycles. The molecule has 1 saturated heterocycles. The molecule has 2 N–H and O–H groups in total. The van der Waals surface area contributed by atoms with Gasteiger partial charge in [0.25, 0.3) is 5.91 Å². The van der Waals surface area contributed by atoms with E-state index in [9.17, 15) is 18.0 Å². The predicted octanol–water partition coefficient (Wildman–Crippen LogP) is 3.43. The van der Waals surface area contributed by atoms with Gasteiger partial charge in [-0.1, -0.05) is 28.9 Å². The van der Waals surface area contributed by atoms with E-state index in [4.69, 9.17) is 16.1 Å². The second kappa shape index (κ2) is 11.2. The lowest BCUT2D eigenvalue weighted by molar-refractivity contribution is -0.124. The maximum atomic E-state index is 13.6. The Hall–Kier alpha value is -3.21.